The molecule has 2 rings (SSSR count). The van der Waals surface area contributed by atoms with Crippen LogP contribution in [0.4, 0.5) is 11.4 Å². The number of aromatic nitrogens is 2. The number of sulfonamides is 1. The number of nitrogen functional groups attached to an aromatic ring is 1. The van der Waals surface area contributed by atoms with Crippen molar-refractivity contribution in [2.45, 2.75) is 0 Å². The highest BCUT2D eigenvalue weighted by Crippen LogP contribution is 2.22. The Labute approximate surface area is 103 Å². The van der Waals surface area contributed by atoms with Crippen LogP contribution in [0.5, 0.6) is 0 Å². The molecule has 18 heavy (non-hydrogen) atoms. The van der Waals surface area contributed by atoms with E-state index in [-0.39, 0.29) is 11.3 Å². The summed E-state index contributed by atoms with van der Waals surface area (Å²) >= 11 is 0. The van der Waals surface area contributed by atoms with Gasteiger partial charge in [-0.15, -0.1) is 0 Å². The second-order valence-corrected chi connectivity index (χ2v) is 5.52. The summed E-state index contributed by atoms with van der Waals surface area (Å²) in [5, 5.41) is 3.91. The van der Waals surface area contributed by atoms with Crippen LogP contribution in [0.25, 0.3) is 5.52 Å². The molecule has 0 aliphatic rings. The molecule has 9 heteroatoms. The molecule has 5 N–H and O–H groups in total. The lowest BCUT2D eigenvalue weighted by Gasteiger charge is -2.02. The predicted molar refractivity (Wildman–Crippen MR) is 66.6 cm³/mol. The van der Waals surface area contributed by atoms with Gasteiger partial charge in [0.2, 0.25) is 10.0 Å². The van der Waals surface area contributed by atoms with E-state index in [2.05, 4.69) is 9.82 Å². The van der Waals surface area contributed by atoms with Crippen molar-refractivity contribution >= 4 is 32.8 Å². The predicted octanol–water partition coefficient (Wildman–Crippen LogP) is -0.613. The fraction of sp³-hybridized carbons (Fsp3) is 0.111. The number of nitrogens with zero attached hydrogens (tertiary/aromatic N) is 2. The van der Waals surface area contributed by atoms with Gasteiger partial charge in [-0.25, -0.2) is 12.9 Å². The van der Waals surface area contributed by atoms with Crippen molar-refractivity contribution in [1.82, 2.24) is 9.61 Å². The van der Waals surface area contributed by atoms with Gasteiger partial charge in [-0.3, -0.25) is 9.52 Å². The van der Waals surface area contributed by atoms with Crippen LogP contribution in [-0.4, -0.2) is 30.2 Å². The van der Waals surface area contributed by atoms with Crippen LogP contribution >= 0.6 is 0 Å². The van der Waals surface area contributed by atoms with Crippen molar-refractivity contribution in [3.8, 4) is 0 Å². The Morgan fingerprint density at radius 3 is 2.72 bits per heavy atom. The number of rotatable bonds is 3. The summed E-state index contributed by atoms with van der Waals surface area (Å²) in [7, 11) is -3.39. The van der Waals surface area contributed by atoms with Crippen LogP contribution in [0.1, 0.15) is 10.4 Å². The molecule has 0 bridgehead atoms. The Morgan fingerprint density at radius 2 is 2.17 bits per heavy atom. The lowest BCUT2D eigenvalue weighted by atomic mass is 10.2. The van der Waals surface area contributed by atoms with Gasteiger partial charge in [0.1, 0.15) is 0 Å². The summed E-state index contributed by atoms with van der Waals surface area (Å²) in [6.07, 6.45) is 3.70. The van der Waals surface area contributed by atoms with Crippen LogP contribution < -0.4 is 16.2 Å². The maximum absolute atomic E-state index is 11.1. The zero-order valence-electron chi connectivity index (χ0n) is 9.41. The van der Waals surface area contributed by atoms with Gasteiger partial charge < -0.3 is 11.5 Å². The zero-order valence-corrected chi connectivity index (χ0v) is 10.2. The van der Waals surface area contributed by atoms with Crippen molar-refractivity contribution in [2.24, 2.45) is 5.73 Å². The molecular weight excluding hydrogens is 258 g/mol. The third-order valence-corrected chi connectivity index (χ3v) is 2.85. The van der Waals surface area contributed by atoms with Crippen LogP contribution in [0.3, 0.4) is 0 Å². The number of nitrogens with two attached hydrogens (primary N) is 2. The number of nitrogens with one attached hydrogen (secondary N) is 1. The van der Waals surface area contributed by atoms with Gasteiger partial charge in [-0.05, 0) is 6.07 Å². The average molecular weight is 269 g/mol. The smallest absolute Gasteiger partial charge is 0.252 e. The highest BCUT2D eigenvalue weighted by molar-refractivity contribution is 7.92. The molecular formula is C9H11N5O3S. The SMILES string of the molecule is CS(=O)(=O)Nc1cc2c(N)c(C(N)=O)cnn2c1. The lowest BCUT2D eigenvalue weighted by molar-refractivity contribution is 0.100. The molecule has 0 aliphatic heterocycles. The monoisotopic (exact) mass is 269 g/mol. The van der Waals surface area contributed by atoms with Gasteiger partial charge in [-0.1, -0.05) is 0 Å². The molecule has 0 aliphatic carbocycles. The molecule has 0 fully saturated rings. The molecule has 1 amide bonds. The molecule has 0 saturated carbocycles. The first kappa shape index (κ1) is 12.2. The number of carbonyl (C=O) groups excluding carboxylic acids is 1. The third-order valence-electron chi connectivity index (χ3n) is 2.25. The molecule has 96 valence electrons. The average Bonchev–Trinajstić information content (AvgIpc) is 2.58. The molecule has 0 saturated heterocycles. The van der Waals surface area contributed by atoms with Gasteiger partial charge in [0, 0.05) is 0 Å². The summed E-state index contributed by atoms with van der Waals surface area (Å²) in [5.74, 6) is -0.693. The molecule has 0 unspecified atom stereocenters. The van der Waals surface area contributed by atoms with Gasteiger partial charge in [-0.2, -0.15) is 5.10 Å². The number of fused-ring (bicyclic) bond motifs is 1. The first-order valence-corrected chi connectivity index (χ1v) is 6.71. The molecule has 0 spiro atoms. The highest BCUT2D eigenvalue weighted by atomic mass is 32.2. The van der Waals surface area contributed by atoms with E-state index in [9.17, 15) is 13.2 Å². The lowest BCUT2D eigenvalue weighted by Crippen LogP contribution is -2.15. The first-order chi connectivity index (χ1) is 8.28. The maximum atomic E-state index is 11.1. The van der Waals surface area contributed by atoms with Crippen molar-refractivity contribution in [3.63, 3.8) is 0 Å². The van der Waals surface area contributed by atoms with Gasteiger partial charge in [0.15, 0.2) is 0 Å². The molecule has 8 nitrogen and oxygen atoms in total. The summed E-state index contributed by atoms with van der Waals surface area (Å²) in [6.45, 7) is 0. The summed E-state index contributed by atoms with van der Waals surface area (Å²) in [4.78, 5) is 11.1. The minimum absolute atomic E-state index is 0.0894. The Hall–Kier alpha value is -2.29. The van der Waals surface area contributed by atoms with E-state index in [4.69, 9.17) is 11.5 Å². The van der Waals surface area contributed by atoms with E-state index in [0.717, 1.165) is 6.26 Å². The number of hydrogen-bond acceptors (Lipinski definition) is 5. The molecule has 2 heterocycles. The molecule has 0 aromatic carbocycles. The third kappa shape index (κ3) is 2.20. The standard InChI is InChI=1S/C9H11N5O3S/c1-18(16,17)13-5-2-7-8(10)6(9(11)15)3-12-14(7)4-5/h2-4,13H,10H2,1H3,(H2,11,15). The first-order valence-electron chi connectivity index (χ1n) is 4.82. The van der Waals surface area contributed by atoms with Crippen molar-refractivity contribution in [1.29, 1.82) is 0 Å². The van der Waals surface area contributed by atoms with Crippen LogP contribution in [0.2, 0.25) is 0 Å². The highest BCUT2D eigenvalue weighted by Gasteiger charge is 2.13. The minimum Gasteiger partial charge on any atom is -0.396 e. The Bertz CT molecular complexity index is 734. The molecule has 0 radical (unpaired) electrons. The Morgan fingerprint density at radius 1 is 1.50 bits per heavy atom. The topological polar surface area (TPSA) is 133 Å². The molecule has 2 aromatic rings. The van der Waals surface area contributed by atoms with Gasteiger partial charge in [0.25, 0.3) is 5.91 Å². The summed E-state index contributed by atoms with van der Waals surface area (Å²) in [6, 6.07) is 1.47. The van der Waals surface area contributed by atoms with Crippen LogP contribution in [0, 0.1) is 0 Å². The van der Waals surface area contributed by atoms with Crippen molar-refractivity contribution < 1.29 is 13.2 Å². The van der Waals surface area contributed by atoms with E-state index in [0.29, 0.717) is 11.2 Å². The fourth-order valence-electron chi connectivity index (χ4n) is 1.54. The van der Waals surface area contributed by atoms with E-state index in [1.807, 2.05) is 0 Å². The van der Waals surface area contributed by atoms with E-state index in [1.165, 1.54) is 23.0 Å². The Balaban J connectivity index is 2.59. The quantitative estimate of drug-likeness (QED) is 0.683. The normalized spacial score (nSPS) is 11.6. The van der Waals surface area contributed by atoms with Gasteiger partial charge >= 0.3 is 0 Å². The molecule has 2 aromatic heterocycles. The minimum atomic E-state index is -3.39. The number of primary amides is 1. The maximum Gasteiger partial charge on any atom is 0.252 e. The zero-order chi connectivity index (χ0) is 13.5. The summed E-state index contributed by atoms with van der Waals surface area (Å²) < 4.78 is 25.8. The number of carbonyl (C=O) groups is 1. The van der Waals surface area contributed by atoms with E-state index >= 15 is 0 Å². The van der Waals surface area contributed by atoms with Crippen molar-refractivity contribution in [2.75, 3.05) is 16.7 Å². The second kappa shape index (κ2) is 3.88. The fourth-order valence-corrected chi connectivity index (χ4v) is 2.08. The number of hydrogen-bond donors (Lipinski definition) is 3. The van der Waals surface area contributed by atoms with E-state index in [1.54, 1.807) is 0 Å². The Kier molecular flexibility index (Phi) is 2.62. The number of amides is 1. The van der Waals surface area contributed by atoms with Crippen LogP contribution in [-0.2, 0) is 10.0 Å². The number of anilines is 2. The largest absolute Gasteiger partial charge is 0.396 e. The van der Waals surface area contributed by atoms with E-state index < -0.39 is 15.9 Å². The van der Waals surface area contributed by atoms with Crippen molar-refractivity contribution in [3.05, 3.63) is 24.0 Å². The molecule has 0 atom stereocenters. The second-order valence-electron chi connectivity index (χ2n) is 3.77. The van der Waals surface area contributed by atoms with Crippen LogP contribution in [0.15, 0.2) is 18.5 Å². The summed E-state index contributed by atoms with van der Waals surface area (Å²) in [5.41, 5.74) is 11.8. The van der Waals surface area contributed by atoms with Gasteiger partial charge in [0.05, 0.1) is 41.1 Å².